The summed E-state index contributed by atoms with van der Waals surface area (Å²) < 4.78 is 1.66. The van der Waals surface area contributed by atoms with E-state index in [0.29, 0.717) is 10.5 Å². The molecule has 0 aliphatic heterocycles. The molecule has 0 spiro atoms. The van der Waals surface area contributed by atoms with Crippen molar-refractivity contribution in [2.24, 2.45) is 0 Å². The number of carbonyl (C=O) groups excluding carboxylic acids is 1. The Morgan fingerprint density at radius 1 is 1.09 bits per heavy atom. The van der Waals surface area contributed by atoms with Gasteiger partial charge in [0.05, 0.1) is 16.8 Å². The molecular formula is C27H29N3O2S2. The van der Waals surface area contributed by atoms with Gasteiger partial charge in [-0.1, -0.05) is 43.3 Å². The van der Waals surface area contributed by atoms with Crippen LogP contribution in [0.15, 0.2) is 52.4 Å². The molecule has 4 aromatic rings. The van der Waals surface area contributed by atoms with Crippen molar-refractivity contribution in [2.75, 3.05) is 11.1 Å². The van der Waals surface area contributed by atoms with Crippen LogP contribution in [0.25, 0.3) is 15.9 Å². The molecule has 0 atom stereocenters. The van der Waals surface area contributed by atoms with Gasteiger partial charge in [-0.25, -0.2) is 4.98 Å². The molecular weight excluding hydrogens is 462 g/mol. The molecule has 0 unspecified atom stereocenters. The first-order valence-electron chi connectivity index (χ1n) is 11.4. The maximum Gasteiger partial charge on any atom is 0.267 e. The van der Waals surface area contributed by atoms with Crippen molar-refractivity contribution in [3.8, 4) is 5.69 Å². The summed E-state index contributed by atoms with van der Waals surface area (Å²) >= 11 is 2.87. The van der Waals surface area contributed by atoms with Crippen LogP contribution in [-0.2, 0) is 11.2 Å². The number of carbonyl (C=O) groups is 1. The lowest BCUT2D eigenvalue weighted by Gasteiger charge is -2.14. The summed E-state index contributed by atoms with van der Waals surface area (Å²) in [6.45, 7) is 10.2. The number of aromatic nitrogens is 2. The second kappa shape index (κ2) is 10.2. The Morgan fingerprint density at radius 2 is 1.88 bits per heavy atom. The molecule has 0 fully saturated rings. The molecule has 0 saturated carbocycles. The number of hydrogen-bond acceptors (Lipinski definition) is 5. The summed E-state index contributed by atoms with van der Waals surface area (Å²) in [6.07, 6.45) is 1.94. The second-order valence-corrected chi connectivity index (χ2v) is 10.6. The van der Waals surface area contributed by atoms with Crippen molar-refractivity contribution in [1.29, 1.82) is 0 Å². The third-order valence-electron chi connectivity index (χ3n) is 5.89. The summed E-state index contributed by atoms with van der Waals surface area (Å²) in [7, 11) is 0. The zero-order valence-electron chi connectivity index (χ0n) is 20.2. The standard InChI is InChI=1S/C27H29N3O2S2/c1-6-8-22-19(5)24-25(34-22)29-27(30(26(24)32)21-12-11-17(3)18(4)14-21)33-15-23(31)28-20-10-7-9-16(2)13-20/h7,9-14H,6,8,15H2,1-5H3,(H,28,31). The minimum atomic E-state index is -0.134. The monoisotopic (exact) mass is 491 g/mol. The Kier molecular flexibility index (Phi) is 7.24. The minimum Gasteiger partial charge on any atom is -0.325 e. The highest BCUT2D eigenvalue weighted by Crippen LogP contribution is 2.31. The van der Waals surface area contributed by atoms with Crippen LogP contribution in [0.3, 0.4) is 0 Å². The van der Waals surface area contributed by atoms with E-state index in [4.69, 9.17) is 4.98 Å². The number of benzene rings is 2. The third kappa shape index (κ3) is 4.95. The quantitative estimate of drug-likeness (QED) is 0.241. The molecule has 176 valence electrons. The Balaban J connectivity index is 1.75. The van der Waals surface area contributed by atoms with Gasteiger partial charge >= 0.3 is 0 Å². The summed E-state index contributed by atoms with van der Waals surface area (Å²) in [5.41, 5.74) is 5.82. The molecule has 0 radical (unpaired) electrons. The predicted octanol–water partition coefficient (Wildman–Crippen LogP) is 6.36. The van der Waals surface area contributed by atoms with Gasteiger partial charge in [0, 0.05) is 10.6 Å². The average Bonchev–Trinajstić information content (AvgIpc) is 3.10. The summed E-state index contributed by atoms with van der Waals surface area (Å²) in [5, 5.41) is 4.15. The van der Waals surface area contributed by atoms with E-state index >= 15 is 0 Å². The highest BCUT2D eigenvalue weighted by Gasteiger charge is 2.20. The van der Waals surface area contributed by atoms with E-state index in [1.807, 2.05) is 63.2 Å². The summed E-state index contributed by atoms with van der Waals surface area (Å²) in [5.74, 6) is 0.0220. The first-order valence-corrected chi connectivity index (χ1v) is 13.2. The number of nitrogens with zero attached hydrogens (tertiary/aromatic N) is 2. The van der Waals surface area contributed by atoms with Crippen LogP contribution in [0.2, 0.25) is 0 Å². The maximum absolute atomic E-state index is 13.8. The minimum absolute atomic E-state index is 0.0778. The first-order chi connectivity index (χ1) is 16.3. The van der Waals surface area contributed by atoms with Crippen LogP contribution in [0.5, 0.6) is 0 Å². The molecule has 2 aromatic heterocycles. The van der Waals surface area contributed by atoms with Crippen LogP contribution in [-0.4, -0.2) is 21.2 Å². The molecule has 0 bridgehead atoms. The van der Waals surface area contributed by atoms with Gasteiger partial charge in [0.1, 0.15) is 4.83 Å². The maximum atomic E-state index is 13.8. The number of aryl methyl sites for hydroxylation is 5. The number of thioether (sulfide) groups is 1. The van der Waals surface area contributed by atoms with Crippen LogP contribution in [0, 0.1) is 27.7 Å². The molecule has 0 aliphatic carbocycles. The van der Waals surface area contributed by atoms with Gasteiger partial charge < -0.3 is 5.32 Å². The smallest absolute Gasteiger partial charge is 0.267 e. The van der Waals surface area contributed by atoms with E-state index < -0.39 is 0 Å². The third-order valence-corrected chi connectivity index (χ3v) is 8.08. The van der Waals surface area contributed by atoms with Crippen molar-refractivity contribution in [1.82, 2.24) is 9.55 Å². The van der Waals surface area contributed by atoms with Gasteiger partial charge in [-0.2, -0.15) is 0 Å². The topological polar surface area (TPSA) is 64.0 Å². The van der Waals surface area contributed by atoms with E-state index in [1.54, 1.807) is 15.9 Å². The van der Waals surface area contributed by atoms with Gasteiger partial charge in [-0.3, -0.25) is 14.2 Å². The number of rotatable bonds is 7. The molecule has 34 heavy (non-hydrogen) atoms. The largest absolute Gasteiger partial charge is 0.325 e. The average molecular weight is 492 g/mol. The number of anilines is 1. The van der Waals surface area contributed by atoms with Crippen LogP contribution in [0.1, 0.15) is 40.5 Å². The first kappa shape index (κ1) is 24.2. The Bertz CT molecular complexity index is 1440. The second-order valence-electron chi connectivity index (χ2n) is 8.59. The summed E-state index contributed by atoms with van der Waals surface area (Å²) in [6, 6.07) is 13.7. The van der Waals surface area contributed by atoms with Crippen LogP contribution in [0.4, 0.5) is 5.69 Å². The number of fused-ring (bicyclic) bond motifs is 1. The molecule has 7 heteroatoms. The van der Waals surface area contributed by atoms with Crippen molar-refractivity contribution in [3.63, 3.8) is 0 Å². The number of amides is 1. The van der Waals surface area contributed by atoms with Gasteiger partial charge in [-0.05, 0) is 80.6 Å². The number of hydrogen-bond donors (Lipinski definition) is 1. The SMILES string of the molecule is CCCc1sc2nc(SCC(=O)Nc3cccc(C)c3)n(-c3ccc(C)c(C)c3)c(=O)c2c1C. The van der Waals surface area contributed by atoms with Crippen molar-refractivity contribution in [2.45, 2.75) is 52.6 Å². The fraction of sp³-hybridized carbons (Fsp3) is 0.296. The van der Waals surface area contributed by atoms with Crippen LogP contribution < -0.4 is 10.9 Å². The normalized spacial score (nSPS) is 11.2. The fourth-order valence-corrected chi connectivity index (χ4v) is 6.05. The van der Waals surface area contributed by atoms with E-state index in [9.17, 15) is 9.59 Å². The Hall–Kier alpha value is -2.90. The molecule has 1 N–H and O–H groups in total. The molecule has 2 heterocycles. The molecule has 1 amide bonds. The summed E-state index contributed by atoms with van der Waals surface area (Å²) in [4.78, 5) is 33.3. The highest BCUT2D eigenvalue weighted by atomic mass is 32.2. The lowest BCUT2D eigenvalue weighted by atomic mass is 10.1. The van der Waals surface area contributed by atoms with Gasteiger partial charge in [0.25, 0.3) is 5.56 Å². The lowest BCUT2D eigenvalue weighted by Crippen LogP contribution is -2.23. The lowest BCUT2D eigenvalue weighted by molar-refractivity contribution is -0.113. The Labute approximate surface area is 208 Å². The van der Waals surface area contributed by atoms with Crippen molar-refractivity contribution < 1.29 is 4.79 Å². The fourth-order valence-electron chi connectivity index (χ4n) is 3.92. The van der Waals surface area contributed by atoms with Gasteiger partial charge in [0.2, 0.25) is 5.91 Å². The zero-order chi connectivity index (χ0) is 24.4. The molecule has 0 aliphatic rings. The molecule has 5 nitrogen and oxygen atoms in total. The van der Waals surface area contributed by atoms with E-state index in [1.165, 1.54) is 16.6 Å². The molecule has 2 aromatic carbocycles. The molecule has 0 saturated heterocycles. The Morgan fingerprint density at radius 3 is 2.59 bits per heavy atom. The van der Waals surface area contributed by atoms with Crippen molar-refractivity contribution >= 4 is 44.9 Å². The van der Waals surface area contributed by atoms with E-state index in [2.05, 4.69) is 19.2 Å². The zero-order valence-corrected chi connectivity index (χ0v) is 21.8. The predicted molar refractivity (Wildman–Crippen MR) is 144 cm³/mol. The molecule has 4 rings (SSSR count). The van der Waals surface area contributed by atoms with E-state index in [0.717, 1.165) is 51.3 Å². The van der Waals surface area contributed by atoms with Gasteiger partial charge in [-0.15, -0.1) is 11.3 Å². The van der Waals surface area contributed by atoms with Crippen molar-refractivity contribution in [3.05, 3.63) is 79.9 Å². The van der Waals surface area contributed by atoms with Gasteiger partial charge in [0.15, 0.2) is 5.16 Å². The van der Waals surface area contributed by atoms with E-state index in [-0.39, 0.29) is 17.2 Å². The van der Waals surface area contributed by atoms with Crippen LogP contribution >= 0.6 is 23.1 Å². The highest BCUT2D eigenvalue weighted by molar-refractivity contribution is 7.99. The number of thiophene rings is 1. The number of nitrogens with one attached hydrogen (secondary N) is 1.